The Morgan fingerprint density at radius 1 is 1.38 bits per heavy atom. The molecule has 0 spiro atoms. The number of carbonyl (C=O) groups excluding carboxylic acids is 1. The monoisotopic (exact) mass is 184 g/mol. The standard InChI is InChI=1S/C11H20O2/c1-6-9(3)10(12)13-8-11(4,5)7-2/h3,6-8H2,1-2,4-5H3. The molecule has 2 nitrogen and oxygen atoms in total. The predicted molar refractivity (Wildman–Crippen MR) is 54.5 cm³/mol. The summed E-state index contributed by atoms with van der Waals surface area (Å²) in [4.78, 5) is 11.2. The Morgan fingerprint density at radius 3 is 2.31 bits per heavy atom. The molecule has 0 N–H and O–H groups in total. The zero-order chi connectivity index (χ0) is 10.5. The second-order valence-corrected chi connectivity index (χ2v) is 4.05. The van der Waals surface area contributed by atoms with E-state index in [1.54, 1.807) is 0 Å². The Morgan fingerprint density at radius 2 is 1.92 bits per heavy atom. The smallest absolute Gasteiger partial charge is 0.333 e. The molecule has 0 aliphatic carbocycles. The lowest BCUT2D eigenvalue weighted by molar-refractivity contribution is -0.142. The highest BCUT2D eigenvalue weighted by atomic mass is 16.5. The average molecular weight is 184 g/mol. The van der Waals surface area contributed by atoms with E-state index < -0.39 is 0 Å². The minimum absolute atomic E-state index is 0.0731. The van der Waals surface area contributed by atoms with E-state index >= 15 is 0 Å². The molecule has 0 amide bonds. The first kappa shape index (κ1) is 12.2. The van der Waals surface area contributed by atoms with Gasteiger partial charge in [0.15, 0.2) is 0 Å². The van der Waals surface area contributed by atoms with Gasteiger partial charge in [-0.3, -0.25) is 0 Å². The van der Waals surface area contributed by atoms with Crippen molar-refractivity contribution in [1.29, 1.82) is 0 Å². The molecule has 0 aromatic heterocycles. The number of carbonyl (C=O) groups is 1. The number of rotatable bonds is 5. The highest BCUT2D eigenvalue weighted by Crippen LogP contribution is 2.20. The summed E-state index contributed by atoms with van der Waals surface area (Å²) in [6, 6.07) is 0. The first-order valence-corrected chi connectivity index (χ1v) is 4.78. The van der Waals surface area contributed by atoms with Gasteiger partial charge in [-0.2, -0.15) is 0 Å². The minimum Gasteiger partial charge on any atom is -0.462 e. The molecule has 0 fully saturated rings. The molecule has 0 radical (unpaired) electrons. The third-order valence-corrected chi connectivity index (χ3v) is 2.27. The Bertz CT molecular complexity index is 192. The summed E-state index contributed by atoms with van der Waals surface area (Å²) >= 11 is 0. The van der Waals surface area contributed by atoms with E-state index in [4.69, 9.17) is 4.74 Å². The van der Waals surface area contributed by atoms with E-state index in [2.05, 4.69) is 27.4 Å². The van der Waals surface area contributed by atoms with Crippen molar-refractivity contribution < 1.29 is 9.53 Å². The summed E-state index contributed by atoms with van der Waals surface area (Å²) in [7, 11) is 0. The topological polar surface area (TPSA) is 26.3 Å². The average Bonchev–Trinajstić information content (AvgIpc) is 2.13. The number of ether oxygens (including phenoxy) is 1. The molecule has 0 aromatic rings. The van der Waals surface area contributed by atoms with E-state index in [1.807, 2.05) is 6.92 Å². The number of hydrogen-bond donors (Lipinski definition) is 0. The summed E-state index contributed by atoms with van der Waals surface area (Å²) in [5.74, 6) is -0.260. The van der Waals surface area contributed by atoms with Crippen molar-refractivity contribution in [1.82, 2.24) is 0 Å². The van der Waals surface area contributed by atoms with Crippen molar-refractivity contribution in [3.05, 3.63) is 12.2 Å². The predicted octanol–water partition coefficient (Wildman–Crippen LogP) is 2.93. The van der Waals surface area contributed by atoms with Crippen LogP contribution in [0.15, 0.2) is 12.2 Å². The molecule has 0 atom stereocenters. The lowest BCUT2D eigenvalue weighted by Crippen LogP contribution is -2.21. The molecule has 13 heavy (non-hydrogen) atoms. The van der Waals surface area contributed by atoms with E-state index in [0.29, 0.717) is 18.6 Å². The summed E-state index contributed by atoms with van der Waals surface area (Å²) in [6.07, 6.45) is 1.66. The molecule has 0 aliphatic rings. The normalized spacial score (nSPS) is 11.1. The summed E-state index contributed by atoms with van der Waals surface area (Å²) in [5.41, 5.74) is 0.621. The Balaban J connectivity index is 3.90. The molecule has 0 saturated heterocycles. The van der Waals surface area contributed by atoms with E-state index in [1.165, 1.54) is 0 Å². The molecule has 0 aromatic carbocycles. The fraction of sp³-hybridized carbons (Fsp3) is 0.727. The highest BCUT2D eigenvalue weighted by Gasteiger charge is 2.18. The summed E-state index contributed by atoms with van der Waals surface area (Å²) < 4.78 is 5.11. The molecule has 0 heterocycles. The van der Waals surface area contributed by atoms with Crippen molar-refractivity contribution in [2.24, 2.45) is 5.41 Å². The maximum Gasteiger partial charge on any atom is 0.333 e. The van der Waals surface area contributed by atoms with Gasteiger partial charge < -0.3 is 4.74 Å². The van der Waals surface area contributed by atoms with Crippen LogP contribution in [0, 0.1) is 5.41 Å². The molecule has 0 aliphatic heterocycles. The van der Waals surface area contributed by atoms with E-state index in [-0.39, 0.29) is 11.4 Å². The Labute approximate surface area is 81.0 Å². The van der Waals surface area contributed by atoms with Gasteiger partial charge >= 0.3 is 5.97 Å². The van der Waals surface area contributed by atoms with Crippen molar-refractivity contribution in [2.45, 2.75) is 40.5 Å². The fourth-order valence-corrected chi connectivity index (χ4v) is 0.609. The zero-order valence-corrected chi connectivity index (χ0v) is 9.14. The van der Waals surface area contributed by atoms with Crippen LogP contribution < -0.4 is 0 Å². The lowest BCUT2D eigenvalue weighted by atomic mass is 9.92. The van der Waals surface area contributed by atoms with Gasteiger partial charge in [0, 0.05) is 5.57 Å². The molecule has 76 valence electrons. The first-order chi connectivity index (χ1) is 5.93. The van der Waals surface area contributed by atoms with Gasteiger partial charge in [0.25, 0.3) is 0 Å². The van der Waals surface area contributed by atoms with Gasteiger partial charge in [0.1, 0.15) is 0 Å². The molecule has 0 rings (SSSR count). The molecule has 0 unspecified atom stereocenters. The second kappa shape index (κ2) is 5.05. The molecular weight excluding hydrogens is 164 g/mol. The third-order valence-electron chi connectivity index (χ3n) is 2.27. The fourth-order valence-electron chi connectivity index (χ4n) is 0.609. The van der Waals surface area contributed by atoms with Crippen LogP contribution in [0.25, 0.3) is 0 Å². The van der Waals surface area contributed by atoms with Crippen molar-refractivity contribution in [2.75, 3.05) is 6.61 Å². The number of hydrogen-bond acceptors (Lipinski definition) is 2. The molecule has 2 heteroatoms. The van der Waals surface area contributed by atoms with Gasteiger partial charge in [-0.1, -0.05) is 34.3 Å². The minimum atomic E-state index is -0.260. The van der Waals surface area contributed by atoms with Crippen LogP contribution in [0.5, 0.6) is 0 Å². The van der Waals surface area contributed by atoms with Gasteiger partial charge in [0.05, 0.1) is 6.61 Å². The molecule has 0 saturated carbocycles. The zero-order valence-electron chi connectivity index (χ0n) is 9.14. The maximum atomic E-state index is 11.2. The second-order valence-electron chi connectivity index (χ2n) is 4.05. The quantitative estimate of drug-likeness (QED) is 0.485. The lowest BCUT2D eigenvalue weighted by Gasteiger charge is -2.21. The van der Waals surface area contributed by atoms with Crippen LogP contribution >= 0.6 is 0 Å². The Kier molecular flexibility index (Phi) is 4.74. The van der Waals surface area contributed by atoms with Crippen LogP contribution in [-0.2, 0) is 9.53 Å². The molecule has 0 bridgehead atoms. The van der Waals surface area contributed by atoms with Gasteiger partial charge in [-0.25, -0.2) is 4.79 Å². The van der Waals surface area contributed by atoms with Crippen LogP contribution in [0.1, 0.15) is 40.5 Å². The van der Waals surface area contributed by atoms with Gasteiger partial charge in [-0.05, 0) is 18.3 Å². The highest BCUT2D eigenvalue weighted by molar-refractivity contribution is 5.87. The Hall–Kier alpha value is -0.790. The van der Waals surface area contributed by atoms with Crippen molar-refractivity contribution in [3.8, 4) is 0 Å². The SMILES string of the molecule is C=C(CC)C(=O)OCC(C)(C)CC. The van der Waals surface area contributed by atoms with Crippen LogP contribution in [0.4, 0.5) is 0 Å². The van der Waals surface area contributed by atoms with Crippen molar-refractivity contribution >= 4 is 5.97 Å². The third kappa shape index (κ3) is 4.71. The van der Waals surface area contributed by atoms with Gasteiger partial charge in [-0.15, -0.1) is 0 Å². The van der Waals surface area contributed by atoms with Crippen LogP contribution in [0.2, 0.25) is 0 Å². The van der Waals surface area contributed by atoms with Crippen LogP contribution in [0.3, 0.4) is 0 Å². The van der Waals surface area contributed by atoms with E-state index in [0.717, 1.165) is 6.42 Å². The molecular formula is C11H20O2. The number of esters is 1. The maximum absolute atomic E-state index is 11.2. The van der Waals surface area contributed by atoms with Crippen LogP contribution in [-0.4, -0.2) is 12.6 Å². The first-order valence-electron chi connectivity index (χ1n) is 4.78. The largest absolute Gasteiger partial charge is 0.462 e. The van der Waals surface area contributed by atoms with Crippen molar-refractivity contribution in [3.63, 3.8) is 0 Å². The van der Waals surface area contributed by atoms with E-state index in [9.17, 15) is 4.79 Å². The summed E-state index contributed by atoms with van der Waals surface area (Å²) in [5, 5.41) is 0. The summed E-state index contributed by atoms with van der Waals surface area (Å²) in [6.45, 7) is 12.2. The van der Waals surface area contributed by atoms with Gasteiger partial charge in [0.2, 0.25) is 0 Å².